The molecule has 0 unspecified atom stereocenters. The Morgan fingerprint density at radius 2 is 2.06 bits per heavy atom. The summed E-state index contributed by atoms with van der Waals surface area (Å²) < 4.78 is 27.3. The molecule has 0 aromatic heterocycles. The maximum absolute atomic E-state index is 11.4. The van der Waals surface area contributed by atoms with Gasteiger partial charge in [-0.3, -0.25) is 0 Å². The minimum absolute atomic E-state index is 0.0515. The summed E-state index contributed by atoms with van der Waals surface area (Å²) in [7, 11) is 2.50. The Kier molecular flexibility index (Phi) is 4.23. The molecule has 0 radical (unpaired) electrons. The Hall–Kier alpha value is -0.720. The van der Waals surface area contributed by atoms with Crippen molar-refractivity contribution in [3.63, 3.8) is 0 Å². The summed E-state index contributed by atoms with van der Waals surface area (Å²) in [5.41, 5.74) is -0.0515. The number of carbonyl (C=O) groups is 1. The first-order valence-electron chi connectivity index (χ1n) is 4.11. The van der Waals surface area contributed by atoms with Crippen molar-refractivity contribution in [2.75, 3.05) is 13.4 Å². The molecule has 0 aliphatic carbocycles. The van der Waals surface area contributed by atoms with Gasteiger partial charge < -0.3 is 4.74 Å². The van der Waals surface area contributed by atoms with E-state index in [1.807, 2.05) is 0 Å². The summed E-state index contributed by atoms with van der Waals surface area (Å²) in [6, 6.07) is 4.51. The fourth-order valence-corrected chi connectivity index (χ4v) is 3.65. The second kappa shape index (κ2) is 5.07. The third kappa shape index (κ3) is 2.69. The molecule has 0 bridgehead atoms. The Morgan fingerprint density at radius 3 is 2.50 bits per heavy atom. The molecular formula is C9H9ClO4S2. The summed E-state index contributed by atoms with van der Waals surface area (Å²) in [6.07, 6.45) is 1.70. The van der Waals surface area contributed by atoms with Gasteiger partial charge in [-0.25, -0.2) is 13.2 Å². The quantitative estimate of drug-likeness (QED) is 0.482. The van der Waals surface area contributed by atoms with Gasteiger partial charge in [-0.05, 0) is 18.4 Å². The SMILES string of the molecule is COC(=O)c1cccc(SC)c1S(=O)(=O)Cl. The average Bonchev–Trinajstić information content (AvgIpc) is 2.25. The molecule has 1 aromatic rings. The zero-order valence-electron chi connectivity index (χ0n) is 8.56. The van der Waals surface area contributed by atoms with Crippen molar-refractivity contribution in [3.8, 4) is 0 Å². The van der Waals surface area contributed by atoms with Gasteiger partial charge in [0.2, 0.25) is 0 Å². The number of hydrogen-bond acceptors (Lipinski definition) is 5. The van der Waals surface area contributed by atoms with E-state index in [4.69, 9.17) is 10.7 Å². The Balaban J connectivity index is 3.57. The molecule has 0 saturated heterocycles. The lowest BCUT2D eigenvalue weighted by Gasteiger charge is -2.08. The lowest BCUT2D eigenvalue weighted by Crippen LogP contribution is -2.08. The van der Waals surface area contributed by atoms with Crippen molar-refractivity contribution in [2.45, 2.75) is 9.79 Å². The van der Waals surface area contributed by atoms with Crippen molar-refractivity contribution in [1.29, 1.82) is 0 Å². The Morgan fingerprint density at radius 1 is 1.44 bits per heavy atom. The number of ether oxygens (including phenoxy) is 1. The third-order valence-corrected chi connectivity index (χ3v) is 4.15. The summed E-state index contributed by atoms with van der Waals surface area (Å²) in [4.78, 5) is 11.6. The fourth-order valence-electron chi connectivity index (χ4n) is 1.20. The maximum Gasteiger partial charge on any atom is 0.339 e. The van der Waals surface area contributed by atoms with Crippen LogP contribution in [0.15, 0.2) is 28.0 Å². The van der Waals surface area contributed by atoms with Crippen LogP contribution < -0.4 is 0 Å². The van der Waals surface area contributed by atoms with Gasteiger partial charge in [-0.2, -0.15) is 0 Å². The molecule has 1 rings (SSSR count). The average molecular weight is 281 g/mol. The van der Waals surface area contributed by atoms with Crippen molar-refractivity contribution in [2.24, 2.45) is 0 Å². The van der Waals surface area contributed by atoms with Gasteiger partial charge in [0.1, 0.15) is 4.90 Å². The first-order chi connectivity index (χ1) is 7.41. The first-order valence-corrected chi connectivity index (χ1v) is 7.65. The van der Waals surface area contributed by atoms with Crippen molar-refractivity contribution < 1.29 is 17.9 Å². The van der Waals surface area contributed by atoms with Crippen LogP contribution in [-0.4, -0.2) is 27.8 Å². The molecule has 0 aliphatic heterocycles. The normalized spacial score (nSPS) is 11.2. The number of rotatable bonds is 3. The zero-order valence-corrected chi connectivity index (χ0v) is 10.9. The first kappa shape index (κ1) is 13.3. The van der Waals surface area contributed by atoms with Gasteiger partial charge in [-0.1, -0.05) is 6.07 Å². The molecule has 16 heavy (non-hydrogen) atoms. The van der Waals surface area contributed by atoms with E-state index in [9.17, 15) is 13.2 Å². The molecule has 0 atom stereocenters. The molecule has 0 fully saturated rings. The number of methoxy groups -OCH3 is 1. The van der Waals surface area contributed by atoms with Crippen LogP contribution in [-0.2, 0) is 13.8 Å². The van der Waals surface area contributed by atoms with Crippen LogP contribution in [0.1, 0.15) is 10.4 Å². The highest BCUT2D eigenvalue weighted by molar-refractivity contribution is 8.14. The van der Waals surface area contributed by atoms with E-state index in [0.29, 0.717) is 4.90 Å². The molecule has 88 valence electrons. The van der Waals surface area contributed by atoms with Gasteiger partial charge in [0.15, 0.2) is 0 Å². The topological polar surface area (TPSA) is 60.4 Å². The van der Waals surface area contributed by atoms with E-state index in [-0.39, 0.29) is 10.5 Å². The molecule has 0 aliphatic rings. The van der Waals surface area contributed by atoms with E-state index >= 15 is 0 Å². The summed E-state index contributed by atoms with van der Waals surface area (Å²) in [5, 5.41) is 0. The second-order valence-corrected chi connectivity index (χ2v) is 6.12. The van der Waals surface area contributed by atoms with Crippen LogP contribution in [0.2, 0.25) is 0 Å². The molecule has 4 nitrogen and oxygen atoms in total. The molecule has 0 spiro atoms. The van der Waals surface area contributed by atoms with E-state index in [1.54, 1.807) is 18.4 Å². The monoisotopic (exact) mass is 280 g/mol. The predicted molar refractivity (Wildman–Crippen MR) is 62.6 cm³/mol. The van der Waals surface area contributed by atoms with E-state index < -0.39 is 15.0 Å². The Bertz CT molecular complexity index is 510. The highest BCUT2D eigenvalue weighted by Gasteiger charge is 2.24. The molecular weight excluding hydrogens is 272 g/mol. The number of esters is 1. The van der Waals surface area contributed by atoms with E-state index in [0.717, 1.165) is 0 Å². The van der Waals surface area contributed by atoms with Crippen molar-refractivity contribution in [3.05, 3.63) is 23.8 Å². The fraction of sp³-hybridized carbons (Fsp3) is 0.222. The number of thioether (sulfide) groups is 1. The number of hydrogen-bond donors (Lipinski definition) is 0. The van der Waals surface area contributed by atoms with E-state index in [2.05, 4.69) is 4.74 Å². The lowest BCUT2D eigenvalue weighted by molar-refractivity contribution is 0.0596. The van der Waals surface area contributed by atoms with Crippen LogP contribution in [0.25, 0.3) is 0 Å². The highest BCUT2D eigenvalue weighted by Crippen LogP contribution is 2.30. The third-order valence-electron chi connectivity index (χ3n) is 1.85. The molecule has 1 aromatic carbocycles. The van der Waals surface area contributed by atoms with Gasteiger partial charge in [0, 0.05) is 15.6 Å². The summed E-state index contributed by atoms with van der Waals surface area (Å²) in [5.74, 6) is -0.727. The number of carbonyl (C=O) groups excluding carboxylic acids is 1. The summed E-state index contributed by atoms with van der Waals surface area (Å²) >= 11 is 1.19. The van der Waals surface area contributed by atoms with Gasteiger partial charge >= 0.3 is 5.97 Å². The van der Waals surface area contributed by atoms with Gasteiger partial charge in [0.25, 0.3) is 9.05 Å². The lowest BCUT2D eigenvalue weighted by atomic mass is 10.2. The number of halogens is 1. The second-order valence-electron chi connectivity index (χ2n) is 2.77. The predicted octanol–water partition coefficient (Wildman–Crippen LogP) is 2.12. The molecule has 0 saturated carbocycles. The molecule has 0 amide bonds. The smallest absolute Gasteiger partial charge is 0.339 e. The van der Waals surface area contributed by atoms with Crippen LogP contribution >= 0.6 is 22.4 Å². The van der Waals surface area contributed by atoms with Crippen molar-refractivity contribution in [1.82, 2.24) is 0 Å². The highest BCUT2D eigenvalue weighted by atomic mass is 35.7. The largest absolute Gasteiger partial charge is 0.465 e. The maximum atomic E-state index is 11.4. The summed E-state index contributed by atoms with van der Waals surface area (Å²) in [6.45, 7) is 0. The Labute approximate surface area is 102 Å². The standard InChI is InChI=1S/C9H9ClO4S2/c1-14-9(11)6-4-3-5-7(15-2)8(6)16(10,12)13/h3-5H,1-2H3. The molecule has 7 heteroatoms. The molecule has 0 N–H and O–H groups in total. The van der Waals surface area contributed by atoms with Crippen LogP contribution in [0.3, 0.4) is 0 Å². The van der Waals surface area contributed by atoms with Crippen LogP contribution in [0.4, 0.5) is 0 Å². The van der Waals surface area contributed by atoms with Crippen molar-refractivity contribution >= 4 is 37.5 Å². The van der Waals surface area contributed by atoms with Gasteiger partial charge in [-0.15, -0.1) is 11.8 Å². The van der Waals surface area contributed by atoms with Crippen LogP contribution in [0, 0.1) is 0 Å². The molecule has 0 heterocycles. The van der Waals surface area contributed by atoms with Gasteiger partial charge in [0.05, 0.1) is 12.7 Å². The number of benzene rings is 1. The zero-order chi connectivity index (χ0) is 12.3. The van der Waals surface area contributed by atoms with E-state index in [1.165, 1.54) is 24.9 Å². The minimum atomic E-state index is -3.98. The minimum Gasteiger partial charge on any atom is -0.465 e. The van der Waals surface area contributed by atoms with Crippen LogP contribution in [0.5, 0.6) is 0 Å².